The van der Waals surface area contributed by atoms with Crippen LogP contribution in [0.3, 0.4) is 0 Å². The summed E-state index contributed by atoms with van der Waals surface area (Å²) in [6.07, 6.45) is 3.16. The van der Waals surface area contributed by atoms with Gasteiger partial charge in [-0.25, -0.2) is 9.78 Å². The summed E-state index contributed by atoms with van der Waals surface area (Å²) >= 11 is 3.37. The number of aromatic nitrogens is 2. The first kappa shape index (κ1) is 13.1. The molecule has 18 heavy (non-hydrogen) atoms. The third kappa shape index (κ3) is 2.56. The van der Waals surface area contributed by atoms with E-state index in [0.29, 0.717) is 10.0 Å². The average Bonchev–Trinajstić information content (AvgIpc) is 2.76. The molecule has 0 bridgehead atoms. The normalized spacial score (nSPS) is 10.8. The van der Waals surface area contributed by atoms with E-state index in [1.54, 1.807) is 6.07 Å². The van der Waals surface area contributed by atoms with Crippen molar-refractivity contribution in [2.45, 2.75) is 26.2 Å². The maximum absolute atomic E-state index is 11.6. The van der Waals surface area contributed by atoms with Crippen molar-refractivity contribution in [2.75, 3.05) is 7.11 Å². The molecule has 2 rings (SSSR count). The van der Waals surface area contributed by atoms with Crippen LogP contribution in [-0.4, -0.2) is 23.0 Å². The van der Waals surface area contributed by atoms with E-state index in [-0.39, 0.29) is 5.97 Å². The van der Waals surface area contributed by atoms with Crippen LogP contribution in [0.4, 0.5) is 0 Å². The van der Waals surface area contributed by atoms with E-state index >= 15 is 0 Å². The van der Waals surface area contributed by atoms with Gasteiger partial charge in [0.15, 0.2) is 0 Å². The zero-order valence-electron chi connectivity index (χ0n) is 10.4. The highest BCUT2D eigenvalue weighted by Crippen LogP contribution is 2.24. The Hall–Kier alpha value is -1.36. The number of nitrogens with zero attached hydrogens (tertiary/aromatic N) is 1. The van der Waals surface area contributed by atoms with Gasteiger partial charge >= 0.3 is 5.97 Å². The Balaban J connectivity index is 2.41. The third-order valence-electron chi connectivity index (χ3n) is 2.79. The number of carbonyl (C=O) groups is 1. The number of carbonyl (C=O) groups excluding carboxylic acids is 1. The summed E-state index contributed by atoms with van der Waals surface area (Å²) in [6, 6.07) is 3.61. The summed E-state index contributed by atoms with van der Waals surface area (Å²) in [6.45, 7) is 2.15. The fraction of sp³-hybridized carbons (Fsp3) is 0.385. The zero-order chi connectivity index (χ0) is 13.1. The largest absolute Gasteiger partial charge is 0.465 e. The van der Waals surface area contributed by atoms with Crippen LogP contribution in [0, 0.1) is 0 Å². The number of ether oxygens (including phenoxy) is 1. The molecule has 5 heteroatoms. The first-order chi connectivity index (χ1) is 8.65. The Kier molecular flexibility index (Phi) is 4.01. The van der Waals surface area contributed by atoms with Gasteiger partial charge < -0.3 is 9.72 Å². The zero-order valence-corrected chi connectivity index (χ0v) is 12.0. The van der Waals surface area contributed by atoms with Gasteiger partial charge in [0, 0.05) is 10.9 Å². The number of rotatable bonds is 4. The van der Waals surface area contributed by atoms with Gasteiger partial charge in [-0.3, -0.25) is 0 Å². The lowest BCUT2D eigenvalue weighted by atomic mass is 10.2. The van der Waals surface area contributed by atoms with Gasteiger partial charge in [-0.2, -0.15) is 0 Å². The number of imidazole rings is 1. The van der Waals surface area contributed by atoms with Crippen molar-refractivity contribution >= 4 is 32.9 Å². The molecular formula is C13H15BrN2O2. The van der Waals surface area contributed by atoms with Crippen molar-refractivity contribution < 1.29 is 9.53 Å². The van der Waals surface area contributed by atoms with E-state index in [1.165, 1.54) is 7.11 Å². The first-order valence-electron chi connectivity index (χ1n) is 5.92. The number of halogens is 1. The van der Waals surface area contributed by atoms with Crippen molar-refractivity contribution in [3.05, 3.63) is 28.0 Å². The molecule has 0 aliphatic rings. The standard InChI is InChI=1S/C13H15BrN2O2/c1-3-4-5-12-15-10-6-8(13(17)18-2)9(14)7-11(10)16-12/h6-7H,3-5H2,1-2H3,(H,15,16). The van der Waals surface area contributed by atoms with Crippen LogP contribution in [0.5, 0.6) is 0 Å². The van der Waals surface area contributed by atoms with Gasteiger partial charge in [-0.05, 0) is 34.5 Å². The van der Waals surface area contributed by atoms with Gasteiger partial charge in [0.05, 0.1) is 23.7 Å². The summed E-state index contributed by atoms with van der Waals surface area (Å²) in [4.78, 5) is 19.3. The van der Waals surface area contributed by atoms with Crippen molar-refractivity contribution in [1.29, 1.82) is 0 Å². The van der Waals surface area contributed by atoms with E-state index in [4.69, 9.17) is 4.74 Å². The number of benzene rings is 1. The van der Waals surface area contributed by atoms with E-state index < -0.39 is 0 Å². The van der Waals surface area contributed by atoms with Crippen LogP contribution in [0.25, 0.3) is 11.0 Å². The summed E-state index contributed by atoms with van der Waals surface area (Å²) in [5.74, 6) is 0.600. The Morgan fingerprint density at radius 3 is 2.94 bits per heavy atom. The SMILES string of the molecule is CCCCc1nc2cc(C(=O)OC)c(Br)cc2[nH]1. The van der Waals surface area contributed by atoms with Crippen molar-refractivity contribution in [3.8, 4) is 0 Å². The summed E-state index contributed by atoms with van der Waals surface area (Å²) in [7, 11) is 1.37. The highest BCUT2D eigenvalue weighted by atomic mass is 79.9. The highest BCUT2D eigenvalue weighted by Gasteiger charge is 2.13. The monoisotopic (exact) mass is 310 g/mol. The molecule has 0 aliphatic carbocycles. The minimum Gasteiger partial charge on any atom is -0.465 e. The molecule has 1 N–H and O–H groups in total. The smallest absolute Gasteiger partial charge is 0.339 e. The van der Waals surface area contributed by atoms with E-state index in [1.807, 2.05) is 6.07 Å². The Morgan fingerprint density at radius 1 is 1.50 bits per heavy atom. The molecule has 0 radical (unpaired) electrons. The van der Waals surface area contributed by atoms with Crippen LogP contribution in [-0.2, 0) is 11.2 Å². The number of unbranched alkanes of at least 4 members (excludes halogenated alkanes) is 1. The van der Waals surface area contributed by atoms with E-state index in [9.17, 15) is 4.79 Å². The maximum Gasteiger partial charge on any atom is 0.339 e. The number of hydrogen-bond acceptors (Lipinski definition) is 3. The van der Waals surface area contributed by atoms with Crippen molar-refractivity contribution in [1.82, 2.24) is 9.97 Å². The van der Waals surface area contributed by atoms with E-state index in [0.717, 1.165) is 36.1 Å². The van der Waals surface area contributed by atoms with Crippen LogP contribution in [0.1, 0.15) is 35.9 Å². The fourth-order valence-corrected chi connectivity index (χ4v) is 2.32. The molecule has 0 atom stereocenters. The minimum absolute atomic E-state index is 0.359. The summed E-state index contributed by atoms with van der Waals surface area (Å²) in [5, 5.41) is 0. The predicted molar refractivity (Wildman–Crippen MR) is 73.7 cm³/mol. The molecule has 0 spiro atoms. The molecular weight excluding hydrogens is 296 g/mol. The highest BCUT2D eigenvalue weighted by molar-refractivity contribution is 9.10. The number of esters is 1. The Labute approximate surface area is 114 Å². The van der Waals surface area contributed by atoms with Gasteiger partial charge in [0.1, 0.15) is 5.82 Å². The molecule has 96 valence electrons. The predicted octanol–water partition coefficient (Wildman–Crippen LogP) is 3.45. The first-order valence-corrected chi connectivity index (χ1v) is 6.71. The molecule has 2 aromatic rings. The number of H-pyrrole nitrogens is 1. The fourth-order valence-electron chi connectivity index (χ4n) is 1.81. The lowest BCUT2D eigenvalue weighted by molar-refractivity contribution is 0.0600. The van der Waals surface area contributed by atoms with Crippen LogP contribution < -0.4 is 0 Å². The van der Waals surface area contributed by atoms with E-state index in [2.05, 4.69) is 32.8 Å². The van der Waals surface area contributed by atoms with Crippen molar-refractivity contribution in [2.24, 2.45) is 0 Å². The molecule has 0 saturated heterocycles. The lowest BCUT2D eigenvalue weighted by Crippen LogP contribution is -2.02. The quantitative estimate of drug-likeness (QED) is 0.880. The number of nitrogens with one attached hydrogen (secondary N) is 1. The second kappa shape index (κ2) is 5.52. The molecule has 0 fully saturated rings. The molecule has 0 amide bonds. The lowest BCUT2D eigenvalue weighted by Gasteiger charge is -2.01. The Morgan fingerprint density at radius 2 is 2.28 bits per heavy atom. The molecule has 0 aliphatic heterocycles. The van der Waals surface area contributed by atoms with Crippen LogP contribution in [0.2, 0.25) is 0 Å². The molecule has 1 aromatic carbocycles. The Bertz CT molecular complexity index is 578. The number of aromatic amines is 1. The number of methoxy groups -OCH3 is 1. The topological polar surface area (TPSA) is 55.0 Å². The van der Waals surface area contributed by atoms with Gasteiger partial charge in [0.25, 0.3) is 0 Å². The molecule has 1 aromatic heterocycles. The molecule has 0 unspecified atom stereocenters. The number of hydrogen-bond donors (Lipinski definition) is 1. The third-order valence-corrected chi connectivity index (χ3v) is 3.45. The van der Waals surface area contributed by atoms with Gasteiger partial charge in [0.2, 0.25) is 0 Å². The maximum atomic E-state index is 11.6. The van der Waals surface area contributed by atoms with Gasteiger partial charge in [-0.1, -0.05) is 13.3 Å². The molecule has 4 nitrogen and oxygen atoms in total. The summed E-state index contributed by atoms with van der Waals surface area (Å²) in [5.41, 5.74) is 2.23. The molecule has 0 saturated carbocycles. The second-order valence-corrected chi connectivity index (χ2v) is 4.98. The number of fused-ring (bicyclic) bond motifs is 1. The average molecular weight is 311 g/mol. The second-order valence-electron chi connectivity index (χ2n) is 4.13. The summed E-state index contributed by atoms with van der Waals surface area (Å²) < 4.78 is 5.45. The minimum atomic E-state index is -0.359. The van der Waals surface area contributed by atoms with Gasteiger partial charge in [-0.15, -0.1) is 0 Å². The number of aryl methyl sites for hydroxylation is 1. The van der Waals surface area contributed by atoms with Crippen molar-refractivity contribution in [3.63, 3.8) is 0 Å². The van der Waals surface area contributed by atoms with Crippen LogP contribution >= 0.6 is 15.9 Å². The molecule has 1 heterocycles. The van der Waals surface area contributed by atoms with Crippen LogP contribution in [0.15, 0.2) is 16.6 Å².